The normalized spacial score (nSPS) is 12.9. The number of rotatable bonds is 59. The highest BCUT2D eigenvalue weighted by molar-refractivity contribution is 5.76. The van der Waals surface area contributed by atoms with Gasteiger partial charge in [0.05, 0.1) is 25.4 Å². The van der Waals surface area contributed by atoms with Crippen molar-refractivity contribution in [1.29, 1.82) is 0 Å². The van der Waals surface area contributed by atoms with Crippen molar-refractivity contribution in [3.63, 3.8) is 0 Å². The number of esters is 1. The standard InChI is InChI=1S/C66H123NO5/c1-3-5-7-9-11-13-15-17-19-21-23-24-25-26-27-28-29-30-32-34-38-42-46-50-54-58-64(69)63(62-68)67-65(70)59-55-51-47-43-39-36-37-41-45-49-53-57-61-72-66(71)60-56-52-48-44-40-35-33-31-22-20-18-16-14-12-10-8-6-4-2/h14,16,20,22,37,41,54,58,63-64,68-69H,3-13,15,17-19,21,23-36,38-40,42-53,55-57,59-62H2,1-2H3,(H,67,70)/b16-14-,22-20-,41-37-,58-54+. The van der Waals surface area contributed by atoms with Gasteiger partial charge < -0.3 is 20.3 Å². The van der Waals surface area contributed by atoms with Crippen molar-refractivity contribution >= 4 is 11.9 Å². The molecule has 6 heteroatoms. The molecule has 0 aliphatic carbocycles. The number of carbonyl (C=O) groups excluding carboxylic acids is 2. The molecular weight excluding hydrogens is 887 g/mol. The lowest BCUT2D eigenvalue weighted by Gasteiger charge is -2.20. The van der Waals surface area contributed by atoms with E-state index in [9.17, 15) is 19.8 Å². The first-order chi connectivity index (χ1) is 35.5. The Morgan fingerprint density at radius 2 is 0.694 bits per heavy atom. The van der Waals surface area contributed by atoms with E-state index in [1.807, 2.05) is 6.08 Å². The van der Waals surface area contributed by atoms with Crippen molar-refractivity contribution in [1.82, 2.24) is 5.32 Å². The molecule has 0 aromatic rings. The monoisotopic (exact) mass is 1010 g/mol. The fourth-order valence-electron chi connectivity index (χ4n) is 9.66. The Morgan fingerprint density at radius 3 is 1.08 bits per heavy atom. The van der Waals surface area contributed by atoms with Crippen LogP contribution in [0.25, 0.3) is 0 Å². The van der Waals surface area contributed by atoms with Gasteiger partial charge in [0.15, 0.2) is 0 Å². The number of hydrogen-bond acceptors (Lipinski definition) is 5. The quantitative estimate of drug-likeness (QED) is 0.0320. The molecule has 0 aromatic carbocycles. The van der Waals surface area contributed by atoms with Crippen LogP contribution in [-0.2, 0) is 14.3 Å². The van der Waals surface area contributed by atoms with Gasteiger partial charge in [-0.15, -0.1) is 0 Å². The van der Waals surface area contributed by atoms with Crippen molar-refractivity contribution in [2.24, 2.45) is 0 Å². The third-order valence-corrected chi connectivity index (χ3v) is 14.6. The van der Waals surface area contributed by atoms with Crippen LogP contribution in [0.1, 0.15) is 335 Å². The van der Waals surface area contributed by atoms with Crippen LogP contribution in [0.5, 0.6) is 0 Å². The molecule has 72 heavy (non-hydrogen) atoms. The number of carbonyl (C=O) groups is 2. The van der Waals surface area contributed by atoms with E-state index in [1.54, 1.807) is 6.08 Å². The maximum Gasteiger partial charge on any atom is 0.305 e. The molecule has 0 rings (SSSR count). The number of unbranched alkanes of at least 4 members (excludes halogenated alkanes) is 42. The Labute approximate surface area is 448 Å². The van der Waals surface area contributed by atoms with Crippen molar-refractivity contribution in [2.75, 3.05) is 13.2 Å². The van der Waals surface area contributed by atoms with Gasteiger partial charge in [-0.1, -0.05) is 274 Å². The molecule has 0 bridgehead atoms. The molecule has 0 saturated heterocycles. The van der Waals surface area contributed by atoms with Crippen LogP contribution in [0.4, 0.5) is 0 Å². The van der Waals surface area contributed by atoms with E-state index in [0.29, 0.717) is 19.4 Å². The molecule has 2 unspecified atom stereocenters. The van der Waals surface area contributed by atoms with E-state index >= 15 is 0 Å². The van der Waals surface area contributed by atoms with Crippen LogP contribution in [-0.4, -0.2) is 47.4 Å². The Bertz CT molecular complexity index is 1210. The number of hydrogen-bond donors (Lipinski definition) is 3. The summed E-state index contributed by atoms with van der Waals surface area (Å²) in [6, 6.07) is -0.650. The predicted octanol–water partition coefficient (Wildman–Crippen LogP) is 20.1. The maximum atomic E-state index is 12.5. The summed E-state index contributed by atoms with van der Waals surface area (Å²) in [5.74, 6) is -0.123. The molecular formula is C66H123NO5. The summed E-state index contributed by atoms with van der Waals surface area (Å²) in [6.45, 7) is 4.84. The highest BCUT2D eigenvalue weighted by atomic mass is 16.5. The van der Waals surface area contributed by atoms with Crippen LogP contribution in [0, 0.1) is 0 Å². The molecule has 0 fully saturated rings. The van der Waals surface area contributed by atoms with Crippen LogP contribution in [0.3, 0.4) is 0 Å². The smallest absolute Gasteiger partial charge is 0.305 e. The minimum atomic E-state index is -0.864. The molecule has 0 aromatic heterocycles. The van der Waals surface area contributed by atoms with Crippen LogP contribution in [0.15, 0.2) is 48.6 Å². The van der Waals surface area contributed by atoms with Gasteiger partial charge in [-0.3, -0.25) is 9.59 Å². The lowest BCUT2D eigenvalue weighted by Crippen LogP contribution is -2.45. The molecule has 0 aliphatic rings. The molecule has 422 valence electrons. The molecule has 6 nitrogen and oxygen atoms in total. The Morgan fingerprint density at radius 1 is 0.389 bits per heavy atom. The van der Waals surface area contributed by atoms with E-state index in [1.165, 1.54) is 218 Å². The minimum absolute atomic E-state index is 0.0313. The SMILES string of the molecule is CCCCCC/C=C\C/C=C\CCCCCCCCCC(=O)OCCCCC/C=C\CCCCCCCC(=O)NC(CO)C(O)/C=C/CCCCCCCCCCCCCCCCCCCCCCCCC. The van der Waals surface area contributed by atoms with Gasteiger partial charge in [0.1, 0.15) is 0 Å². The Hall–Kier alpha value is -2.18. The van der Waals surface area contributed by atoms with E-state index in [-0.39, 0.29) is 18.5 Å². The van der Waals surface area contributed by atoms with Gasteiger partial charge in [-0.2, -0.15) is 0 Å². The molecule has 0 saturated carbocycles. The van der Waals surface area contributed by atoms with Gasteiger partial charge in [0, 0.05) is 12.8 Å². The number of allylic oxidation sites excluding steroid dienone is 7. The minimum Gasteiger partial charge on any atom is -0.466 e. The third kappa shape index (κ3) is 57.1. The van der Waals surface area contributed by atoms with Crippen molar-refractivity contribution in [2.45, 2.75) is 347 Å². The molecule has 0 radical (unpaired) electrons. The number of amides is 1. The summed E-state index contributed by atoms with van der Waals surface area (Å²) in [5.41, 5.74) is 0. The van der Waals surface area contributed by atoms with Crippen LogP contribution >= 0.6 is 0 Å². The van der Waals surface area contributed by atoms with Crippen LogP contribution < -0.4 is 5.32 Å². The second kappa shape index (κ2) is 61.4. The summed E-state index contributed by atoms with van der Waals surface area (Å²) >= 11 is 0. The number of aliphatic hydroxyl groups excluding tert-OH is 2. The van der Waals surface area contributed by atoms with Gasteiger partial charge in [-0.25, -0.2) is 0 Å². The van der Waals surface area contributed by atoms with Crippen LogP contribution in [0.2, 0.25) is 0 Å². The number of aliphatic hydroxyl groups is 2. The molecule has 0 heterocycles. The first-order valence-electron chi connectivity index (χ1n) is 31.9. The molecule has 0 aliphatic heterocycles. The molecule has 1 amide bonds. The zero-order chi connectivity index (χ0) is 52.2. The van der Waals surface area contributed by atoms with Crippen molar-refractivity contribution in [3.05, 3.63) is 48.6 Å². The fourth-order valence-corrected chi connectivity index (χ4v) is 9.66. The fraction of sp³-hybridized carbons (Fsp3) is 0.848. The lowest BCUT2D eigenvalue weighted by atomic mass is 10.0. The largest absolute Gasteiger partial charge is 0.466 e. The van der Waals surface area contributed by atoms with Crippen molar-refractivity contribution < 1.29 is 24.5 Å². The highest BCUT2D eigenvalue weighted by Gasteiger charge is 2.18. The summed E-state index contributed by atoms with van der Waals surface area (Å²) in [6.07, 6.45) is 78.7. The van der Waals surface area contributed by atoms with E-state index in [2.05, 4.69) is 55.6 Å². The number of ether oxygens (including phenoxy) is 1. The average Bonchev–Trinajstić information content (AvgIpc) is 3.38. The van der Waals surface area contributed by atoms with E-state index < -0.39 is 12.1 Å². The Balaban J connectivity index is 3.52. The van der Waals surface area contributed by atoms with Gasteiger partial charge >= 0.3 is 5.97 Å². The topological polar surface area (TPSA) is 95.9 Å². The van der Waals surface area contributed by atoms with E-state index in [0.717, 1.165) is 89.9 Å². The summed E-state index contributed by atoms with van der Waals surface area (Å²) in [5, 5.41) is 23.2. The second-order valence-corrected chi connectivity index (χ2v) is 21.7. The van der Waals surface area contributed by atoms with E-state index in [4.69, 9.17) is 4.74 Å². The zero-order valence-electron chi connectivity index (χ0n) is 48.2. The van der Waals surface area contributed by atoms with Crippen molar-refractivity contribution in [3.8, 4) is 0 Å². The molecule has 0 spiro atoms. The van der Waals surface area contributed by atoms with Gasteiger partial charge in [0.25, 0.3) is 0 Å². The number of nitrogens with one attached hydrogen (secondary N) is 1. The lowest BCUT2D eigenvalue weighted by molar-refractivity contribution is -0.143. The third-order valence-electron chi connectivity index (χ3n) is 14.6. The Kier molecular flexibility index (Phi) is 59.5. The maximum absolute atomic E-state index is 12.5. The van der Waals surface area contributed by atoms with Gasteiger partial charge in [-0.05, 0) is 96.3 Å². The molecule has 3 N–H and O–H groups in total. The predicted molar refractivity (Wildman–Crippen MR) is 315 cm³/mol. The average molecular weight is 1010 g/mol. The first-order valence-corrected chi connectivity index (χ1v) is 31.9. The van der Waals surface area contributed by atoms with Gasteiger partial charge in [0.2, 0.25) is 5.91 Å². The summed E-state index contributed by atoms with van der Waals surface area (Å²) in [7, 11) is 0. The summed E-state index contributed by atoms with van der Waals surface area (Å²) < 4.78 is 5.46. The summed E-state index contributed by atoms with van der Waals surface area (Å²) in [4.78, 5) is 24.6. The highest BCUT2D eigenvalue weighted by Crippen LogP contribution is 2.17. The first kappa shape index (κ1) is 69.8. The zero-order valence-corrected chi connectivity index (χ0v) is 48.2. The molecule has 2 atom stereocenters. The second-order valence-electron chi connectivity index (χ2n) is 21.7.